The van der Waals surface area contributed by atoms with Gasteiger partial charge < -0.3 is 31.9 Å². The number of aliphatic hydroxyl groups excluding tert-OH is 2. The number of thiazole rings is 2. The van der Waals surface area contributed by atoms with E-state index in [1.165, 1.54) is 52.1 Å². The molecular weight excluding hydrogens is 923 g/mol. The maximum absolute atomic E-state index is 13.5. The zero-order valence-electron chi connectivity index (χ0n) is 40.8. The Kier molecular flexibility index (Phi) is 20.0. The molecule has 0 aliphatic heterocycles. The van der Waals surface area contributed by atoms with Gasteiger partial charge in [0.25, 0.3) is 0 Å². The van der Waals surface area contributed by atoms with Crippen LogP contribution in [0.25, 0.3) is 0 Å². The number of rotatable bonds is 18. The minimum Gasteiger partial charge on any atom is -0.390 e. The summed E-state index contributed by atoms with van der Waals surface area (Å²) in [5.41, 5.74) is 8.83. The highest BCUT2D eigenvalue weighted by Crippen LogP contribution is 2.47. The van der Waals surface area contributed by atoms with Crippen LogP contribution in [0.1, 0.15) is 121 Å². The summed E-state index contributed by atoms with van der Waals surface area (Å²) in [5, 5.41) is 37.8. The van der Waals surface area contributed by atoms with Crippen molar-refractivity contribution in [1.82, 2.24) is 31.0 Å². The van der Waals surface area contributed by atoms with Crippen LogP contribution in [0, 0.1) is 34.1 Å². The molecule has 4 unspecified atom stereocenters. The van der Waals surface area contributed by atoms with Gasteiger partial charge in [0.2, 0.25) is 17.7 Å². The third-order valence-electron chi connectivity index (χ3n) is 11.1. The molecule has 0 spiro atoms. The first-order valence-electron chi connectivity index (χ1n) is 22.7. The van der Waals surface area contributed by atoms with Crippen LogP contribution in [-0.2, 0) is 56.0 Å². The Bertz CT molecular complexity index is 2250. The van der Waals surface area contributed by atoms with Gasteiger partial charge in [-0.2, -0.15) is 5.06 Å². The summed E-state index contributed by atoms with van der Waals surface area (Å²) >= 11 is 3.33. The topological polar surface area (TPSA) is 192 Å². The molecule has 6 rings (SSSR count). The van der Waals surface area contributed by atoms with Gasteiger partial charge in [-0.3, -0.25) is 19.2 Å². The molecule has 0 saturated heterocycles. The smallest absolute Gasteiger partial charge is 0.250 e. The second-order valence-electron chi connectivity index (χ2n) is 20.2. The SMILES string of the molecule is CC(=O)NC(Cc1cc(F)cc(F)c1)C(O)CNC1(c2csc(CC(C)(C)C)n2)CC1.CC(C)(C)Cc1nc(C2(NCC(O)C(N)Cc3cc(F)cc(F)c3)CC2)cs1.CON(C(C)=O)C(C)=O. The van der Waals surface area contributed by atoms with Gasteiger partial charge in [-0.25, -0.2) is 27.5 Å². The number of halogens is 4. The highest BCUT2D eigenvalue weighted by molar-refractivity contribution is 7.10. The Balaban J connectivity index is 0.000000252. The number of nitrogens with one attached hydrogen (secondary N) is 3. The molecule has 2 aliphatic carbocycles. The summed E-state index contributed by atoms with van der Waals surface area (Å²) in [6.45, 7) is 17.5. The lowest BCUT2D eigenvalue weighted by Crippen LogP contribution is -2.49. The number of aromatic nitrogens is 2. The maximum Gasteiger partial charge on any atom is 0.250 e. The van der Waals surface area contributed by atoms with Crippen molar-refractivity contribution in [2.24, 2.45) is 16.6 Å². The van der Waals surface area contributed by atoms with Crippen molar-refractivity contribution in [3.05, 3.63) is 103 Å². The minimum atomic E-state index is -0.930. The molecule has 19 heteroatoms. The van der Waals surface area contributed by atoms with E-state index in [4.69, 9.17) is 15.7 Å². The van der Waals surface area contributed by atoms with E-state index in [2.05, 4.69) is 73.1 Å². The van der Waals surface area contributed by atoms with Crippen LogP contribution in [0.2, 0.25) is 0 Å². The first-order chi connectivity index (χ1) is 31.6. The third kappa shape index (κ3) is 18.3. The molecule has 68 heavy (non-hydrogen) atoms. The van der Waals surface area contributed by atoms with Crippen LogP contribution in [0.4, 0.5) is 17.6 Å². The van der Waals surface area contributed by atoms with E-state index in [-0.39, 0.29) is 47.2 Å². The molecule has 3 amide bonds. The number of aliphatic hydroxyl groups is 2. The van der Waals surface area contributed by atoms with Crippen molar-refractivity contribution in [2.75, 3.05) is 20.2 Å². The van der Waals surface area contributed by atoms with Gasteiger partial charge >= 0.3 is 0 Å². The van der Waals surface area contributed by atoms with Crippen molar-refractivity contribution >= 4 is 40.4 Å². The Morgan fingerprint density at radius 2 is 1.09 bits per heavy atom. The first-order valence-corrected chi connectivity index (χ1v) is 24.4. The predicted octanol–water partition coefficient (Wildman–Crippen LogP) is 7.16. The summed E-state index contributed by atoms with van der Waals surface area (Å²) in [6.07, 6.45) is 4.23. The fourth-order valence-electron chi connectivity index (χ4n) is 7.46. The summed E-state index contributed by atoms with van der Waals surface area (Å²) in [5.74, 6) is -3.78. The van der Waals surface area contributed by atoms with Gasteiger partial charge in [0.1, 0.15) is 23.3 Å². The number of amides is 3. The van der Waals surface area contributed by atoms with Crippen LogP contribution in [0.15, 0.2) is 47.2 Å². The Morgan fingerprint density at radius 3 is 1.41 bits per heavy atom. The molecule has 0 radical (unpaired) electrons. The molecule has 2 saturated carbocycles. The van der Waals surface area contributed by atoms with E-state index >= 15 is 0 Å². The lowest BCUT2D eigenvalue weighted by molar-refractivity contribution is -0.184. The van der Waals surface area contributed by atoms with Gasteiger partial charge in [-0.1, -0.05) is 41.5 Å². The first kappa shape index (κ1) is 56.4. The van der Waals surface area contributed by atoms with Gasteiger partial charge in [0, 0.05) is 75.6 Å². The highest BCUT2D eigenvalue weighted by Gasteiger charge is 2.47. The number of imide groups is 1. The molecule has 2 aromatic carbocycles. The van der Waals surface area contributed by atoms with Crippen molar-refractivity contribution < 1.29 is 47.0 Å². The molecule has 2 fully saturated rings. The second-order valence-corrected chi connectivity index (χ2v) is 22.1. The monoisotopic (exact) mass is 991 g/mol. The van der Waals surface area contributed by atoms with E-state index in [1.807, 2.05) is 0 Å². The van der Waals surface area contributed by atoms with E-state index < -0.39 is 59.4 Å². The van der Waals surface area contributed by atoms with Crippen molar-refractivity contribution in [1.29, 1.82) is 0 Å². The molecule has 13 nitrogen and oxygen atoms in total. The second kappa shape index (κ2) is 24.1. The van der Waals surface area contributed by atoms with Gasteiger partial charge in [0.05, 0.1) is 57.8 Å². The molecule has 4 atom stereocenters. The number of hydroxylamine groups is 2. The fraction of sp³-hybridized carbons (Fsp3) is 0.571. The van der Waals surface area contributed by atoms with Crippen molar-refractivity contribution in [3.8, 4) is 0 Å². The average molecular weight is 992 g/mol. The zero-order chi connectivity index (χ0) is 50.8. The van der Waals surface area contributed by atoms with Crippen molar-refractivity contribution in [3.63, 3.8) is 0 Å². The highest BCUT2D eigenvalue weighted by atomic mass is 32.1. The maximum atomic E-state index is 13.5. The fourth-order valence-corrected chi connectivity index (χ4v) is 9.85. The van der Waals surface area contributed by atoms with E-state index in [9.17, 15) is 42.2 Å². The van der Waals surface area contributed by atoms with Crippen LogP contribution < -0.4 is 21.7 Å². The lowest BCUT2D eigenvalue weighted by atomic mass is 9.93. The van der Waals surface area contributed by atoms with Gasteiger partial charge in [-0.15, -0.1) is 22.7 Å². The molecular formula is C49H69F4N7O6S2. The van der Waals surface area contributed by atoms with Crippen LogP contribution >= 0.6 is 22.7 Å². The number of carbonyl (C=O) groups is 3. The quantitative estimate of drug-likeness (QED) is 0.0438. The average Bonchev–Trinajstić information content (AvgIpc) is 4.07. The normalized spacial score (nSPS) is 16.5. The molecule has 376 valence electrons. The number of carbonyl (C=O) groups excluding carboxylic acids is 3. The summed E-state index contributed by atoms with van der Waals surface area (Å²) < 4.78 is 53.7. The number of hydrogen-bond acceptors (Lipinski definition) is 13. The van der Waals surface area contributed by atoms with Gasteiger partial charge in [0.15, 0.2) is 0 Å². The van der Waals surface area contributed by atoms with E-state index in [0.29, 0.717) is 22.7 Å². The van der Waals surface area contributed by atoms with E-state index in [1.54, 1.807) is 22.7 Å². The largest absolute Gasteiger partial charge is 0.390 e. The van der Waals surface area contributed by atoms with Crippen LogP contribution in [0.3, 0.4) is 0 Å². The molecule has 7 N–H and O–H groups in total. The van der Waals surface area contributed by atoms with Crippen LogP contribution in [0.5, 0.6) is 0 Å². The Hall–Kier alpha value is -4.21. The number of nitrogens with two attached hydrogens (primary N) is 1. The summed E-state index contributed by atoms with van der Waals surface area (Å²) in [4.78, 5) is 46.4. The molecule has 2 heterocycles. The van der Waals surface area contributed by atoms with Gasteiger partial charge in [-0.05, 0) is 84.7 Å². The number of benzene rings is 2. The standard InChI is InChI=1S/C23H31F2N3O2S.C21H29F2N3OS.C5H9NO3/c1-14(29)27-18(9-15-7-16(24)10-17(25)8-15)19(30)12-26-23(5-6-23)20-13-31-21(28-20)11-22(2,3)4;1-20(2,3)10-19-26-18(12-28-19)21(4-5-21)25-11-17(27)16(24)8-13-6-14(22)9-15(23)7-13;1-4(7)6(9-3)5(2)8/h7-8,10,13,18-19,26,30H,5-6,9,11-12H2,1-4H3,(H,27,29);6-7,9,12,16-17,25,27H,4-5,8,10-11,24H2,1-3H3;1-3H3. The van der Waals surface area contributed by atoms with Crippen LogP contribution in [-0.4, -0.2) is 87.5 Å². The number of nitrogens with zero attached hydrogens (tertiary/aromatic N) is 3. The minimum absolute atomic E-state index is 0.122. The summed E-state index contributed by atoms with van der Waals surface area (Å²) in [7, 11) is 1.27. The van der Waals surface area contributed by atoms with E-state index in [0.717, 1.165) is 72.1 Å². The molecule has 0 bridgehead atoms. The third-order valence-corrected chi connectivity index (χ3v) is 12.8. The molecule has 4 aromatic rings. The lowest BCUT2D eigenvalue weighted by Gasteiger charge is -2.26. The summed E-state index contributed by atoms with van der Waals surface area (Å²) in [6, 6.07) is 5.26. The Morgan fingerprint density at radius 1 is 0.706 bits per heavy atom. The zero-order valence-corrected chi connectivity index (χ0v) is 42.4. The number of hydrogen-bond donors (Lipinski definition) is 6. The van der Waals surface area contributed by atoms with Crippen molar-refractivity contribution in [2.45, 2.75) is 149 Å². The molecule has 2 aliphatic rings. The Labute approximate surface area is 405 Å². The molecule has 2 aromatic heterocycles. The predicted molar refractivity (Wildman–Crippen MR) is 256 cm³/mol.